The standard InChI is InChI=1S/C24H30BN/c1-5-6-7-11-19-16-23-24-21(14-10-15-22(19)24)18(4)26(17(2)3)25(23)20-12-8-9-13-20/h5,8-10,12-20H,1,6-7,11H2,2-4H3. The first-order valence-electron chi connectivity index (χ1n) is 10.2. The number of hydrogen-bond acceptors (Lipinski definition) is 1. The molecule has 2 aliphatic carbocycles. The van der Waals surface area contributed by atoms with Crippen molar-refractivity contribution in [1.29, 1.82) is 0 Å². The summed E-state index contributed by atoms with van der Waals surface area (Å²) < 4.78 is 0. The zero-order chi connectivity index (χ0) is 18.3. The maximum Gasteiger partial charge on any atom is 0.269 e. The number of nitrogens with zero attached hydrogens (tertiary/aromatic N) is 1. The fourth-order valence-electron chi connectivity index (χ4n) is 5.33. The Morgan fingerprint density at radius 2 is 1.92 bits per heavy atom. The van der Waals surface area contributed by atoms with Gasteiger partial charge in [0, 0.05) is 12.0 Å². The molecule has 134 valence electrons. The van der Waals surface area contributed by atoms with Crippen molar-refractivity contribution in [3.8, 4) is 0 Å². The highest BCUT2D eigenvalue weighted by Crippen LogP contribution is 2.51. The summed E-state index contributed by atoms with van der Waals surface area (Å²) in [5, 5.41) is 0. The SMILES string of the molecule is C=CCCCC1C=C2B(C3C=CC=C3)N(C(C)C)C(C)c3cccc1c32. The van der Waals surface area contributed by atoms with E-state index in [1.807, 2.05) is 0 Å². The molecule has 1 aromatic rings. The van der Waals surface area contributed by atoms with Crippen molar-refractivity contribution in [3.63, 3.8) is 0 Å². The van der Waals surface area contributed by atoms with Crippen LogP contribution in [0.3, 0.4) is 0 Å². The van der Waals surface area contributed by atoms with E-state index < -0.39 is 0 Å². The van der Waals surface area contributed by atoms with Crippen LogP contribution in [0, 0.1) is 0 Å². The minimum atomic E-state index is 0.457. The molecule has 0 saturated carbocycles. The summed E-state index contributed by atoms with van der Waals surface area (Å²) in [5.41, 5.74) is 6.23. The lowest BCUT2D eigenvalue weighted by molar-refractivity contribution is 0.289. The van der Waals surface area contributed by atoms with Crippen molar-refractivity contribution in [3.05, 3.63) is 77.9 Å². The first-order valence-corrected chi connectivity index (χ1v) is 10.2. The molecule has 4 rings (SSSR count). The smallest absolute Gasteiger partial charge is 0.269 e. The van der Waals surface area contributed by atoms with Crippen molar-refractivity contribution in [2.75, 3.05) is 0 Å². The molecule has 3 aliphatic rings. The Balaban J connectivity index is 1.81. The Bertz CT molecular complexity index is 773. The van der Waals surface area contributed by atoms with Crippen molar-refractivity contribution in [1.82, 2.24) is 4.81 Å². The third-order valence-corrected chi connectivity index (χ3v) is 6.40. The summed E-state index contributed by atoms with van der Waals surface area (Å²) in [4.78, 5) is 2.73. The van der Waals surface area contributed by atoms with Gasteiger partial charge in [-0.25, -0.2) is 0 Å². The van der Waals surface area contributed by atoms with Gasteiger partial charge in [0.2, 0.25) is 0 Å². The lowest BCUT2D eigenvalue weighted by Crippen LogP contribution is -2.50. The van der Waals surface area contributed by atoms with Crippen LogP contribution in [0.2, 0.25) is 5.82 Å². The molecule has 0 N–H and O–H groups in total. The van der Waals surface area contributed by atoms with Crippen LogP contribution in [0.5, 0.6) is 0 Å². The van der Waals surface area contributed by atoms with Gasteiger partial charge in [-0.05, 0) is 54.7 Å². The average Bonchev–Trinajstić information content (AvgIpc) is 3.27. The zero-order valence-electron chi connectivity index (χ0n) is 16.4. The fraction of sp³-hybridized carbons (Fsp3) is 0.417. The van der Waals surface area contributed by atoms with Gasteiger partial charge in [-0.3, -0.25) is 0 Å². The van der Waals surface area contributed by atoms with Gasteiger partial charge in [-0.2, -0.15) is 0 Å². The summed E-state index contributed by atoms with van der Waals surface area (Å²) in [7, 11) is 0. The topological polar surface area (TPSA) is 3.24 Å². The Morgan fingerprint density at radius 3 is 2.62 bits per heavy atom. The van der Waals surface area contributed by atoms with Crippen LogP contribution in [0.1, 0.15) is 68.7 Å². The third kappa shape index (κ3) is 2.75. The van der Waals surface area contributed by atoms with Gasteiger partial charge in [0.1, 0.15) is 0 Å². The molecule has 0 fully saturated rings. The van der Waals surface area contributed by atoms with Gasteiger partial charge in [-0.15, -0.1) is 6.58 Å². The first-order chi connectivity index (χ1) is 12.6. The number of unbranched alkanes of at least 4 members (excludes halogenated alkanes) is 1. The van der Waals surface area contributed by atoms with E-state index in [9.17, 15) is 0 Å². The van der Waals surface area contributed by atoms with E-state index in [-0.39, 0.29) is 0 Å². The van der Waals surface area contributed by atoms with Crippen LogP contribution in [-0.2, 0) is 0 Å². The molecular formula is C24H30BN. The van der Waals surface area contributed by atoms with Gasteiger partial charge >= 0.3 is 0 Å². The van der Waals surface area contributed by atoms with Gasteiger partial charge in [-0.1, -0.05) is 74.0 Å². The summed E-state index contributed by atoms with van der Waals surface area (Å²) in [6.45, 7) is 11.4. The second-order valence-electron chi connectivity index (χ2n) is 8.27. The lowest BCUT2D eigenvalue weighted by atomic mass is 9.41. The van der Waals surface area contributed by atoms with Crippen LogP contribution < -0.4 is 0 Å². The Labute approximate surface area is 159 Å². The summed E-state index contributed by atoms with van der Waals surface area (Å²) in [6, 6.07) is 7.98. The monoisotopic (exact) mass is 343 g/mol. The quantitative estimate of drug-likeness (QED) is 0.331. The summed E-state index contributed by atoms with van der Waals surface area (Å²) in [5.74, 6) is 1.05. The van der Waals surface area contributed by atoms with E-state index in [4.69, 9.17) is 0 Å². The van der Waals surface area contributed by atoms with Crippen LogP contribution in [0.25, 0.3) is 5.47 Å². The number of rotatable bonds is 6. The molecule has 0 spiro atoms. The average molecular weight is 343 g/mol. The van der Waals surface area contributed by atoms with Crippen molar-refractivity contribution in [2.24, 2.45) is 0 Å². The summed E-state index contributed by atoms with van der Waals surface area (Å²) >= 11 is 0. The fourth-order valence-corrected chi connectivity index (χ4v) is 5.33. The first kappa shape index (κ1) is 17.6. The molecule has 0 bridgehead atoms. The van der Waals surface area contributed by atoms with Gasteiger partial charge < -0.3 is 4.81 Å². The van der Waals surface area contributed by atoms with Crippen LogP contribution >= 0.6 is 0 Å². The third-order valence-electron chi connectivity index (χ3n) is 6.40. The van der Waals surface area contributed by atoms with E-state index in [2.05, 4.69) is 86.8 Å². The number of hydrogen-bond donors (Lipinski definition) is 0. The minimum Gasteiger partial charge on any atom is -0.329 e. The second kappa shape index (κ2) is 7.08. The number of benzene rings is 1. The van der Waals surface area contributed by atoms with Crippen LogP contribution in [-0.4, -0.2) is 17.7 Å². The molecule has 0 aromatic heterocycles. The molecule has 0 amide bonds. The molecule has 26 heavy (non-hydrogen) atoms. The highest BCUT2D eigenvalue weighted by Gasteiger charge is 2.46. The normalized spacial score (nSPS) is 24.5. The maximum atomic E-state index is 3.89. The van der Waals surface area contributed by atoms with Crippen molar-refractivity contribution < 1.29 is 0 Å². The zero-order valence-corrected chi connectivity index (χ0v) is 16.4. The highest BCUT2D eigenvalue weighted by molar-refractivity contribution is 6.79. The molecule has 1 nitrogen and oxygen atoms in total. The molecule has 0 saturated heterocycles. The Kier molecular flexibility index (Phi) is 4.79. The van der Waals surface area contributed by atoms with E-state index in [0.717, 1.165) is 6.42 Å². The molecule has 1 aromatic carbocycles. The van der Waals surface area contributed by atoms with Gasteiger partial charge in [0.25, 0.3) is 6.85 Å². The van der Waals surface area contributed by atoms with E-state index in [0.29, 0.717) is 30.7 Å². The molecule has 2 atom stereocenters. The molecule has 1 heterocycles. The molecular weight excluding hydrogens is 313 g/mol. The largest absolute Gasteiger partial charge is 0.329 e. The molecule has 0 radical (unpaired) electrons. The van der Waals surface area contributed by atoms with Gasteiger partial charge in [0.05, 0.1) is 0 Å². The van der Waals surface area contributed by atoms with Crippen LogP contribution in [0.4, 0.5) is 0 Å². The lowest BCUT2D eigenvalue weighted by Gasteiger charge is -2.45. The molecule has 2 unspecified atom stereocenters. The minimum absolute atomic E-state index is 0.457. The maximum absolute atomic E-state index is 3.89. The number of allylic oxidation sites excluding steroid dienone is 6. The Hall–Kier alpha value is -1.80. The predicted molar refractivity (Wildman–Crippen MR) is 114 cm³/mol. The summed E-state index contributed by atoms with van der Waals surface area (Å²) in [6.07, 6.45) is 17.4. The molecule has 1 aliphatic heterocycles. The second-order valence-corrected chi connectivity index (χ2v) is 8.27. The van der Waals surface area contributed by atoms with Crippen molar-refractivity contribution in [2.45, 2.75) is 63.9 Å². The van der Waals surface area contributed by atoms with Crippen LogP contribution in [0.15, 0.2) is 61.2 Å². The van der Waals surface area contributed by atoms with E-state index >= 15 is 0 Å². The Morgan fingerprint density at radius 1 is 1.19 bits per heavy atom. The van der Waals surface area contributed by atoms with Gasteiger partial charge in [0.15, 0.2) is 0 Å². The van der Waals surface area contributed by atoms with E-state index in [1.54, 1.807) is 16.6 Å². The van der Waals surface area contributed by atoms with E-state index in [1.165, 1.54) is 18.4 Å². The predicted octanol–water partition coefficient (Wildman–Crippen LogP) is 6.34. The molecule has 2 heteroatoms. The highest BCUT2D eigenvalue weighted by atomic mass is 15.1. The van der Waals surface area contributed by atoms with Crippen molar-refractivity contribution >= 4 is 12.3 Å².